The summed E-state index contributed by atoms with van der Waals surface area (Å²) in [5.74, 6) is 0.593. The zero-order chi connectivity index (χ0) is 25.2. The van der Waals surface area contributed by atoms with Crippen LogP contribution in [0.1, 0.15) is 56.9 Å². The second kappa shape index (κ2) is 13.1. The van der Waals surface area contributed by atoms with Crippen molar-refractivity contribution in [2.75, 3.05) is 30.7 Å². The van der Waals surface area contributed by atoms with Gasteiger partial charge in [0.25, 0.3) is 0 Å². The molecule has 35 heavy (non-hydrogen) atoms. The van der Waals surface area contributed by atoms with Gasteiger partial charge in [0.15, 0.2) is 0 Å². The number of piperidine rings is 1. The van der Waals surface area contributed by atoms with Crippen LogP contribution in [0, 0.1) is 5.92 Å². The number of anilines is 2. The van der Waals surface area contributed by atoms with Gasteiger partial charge >= 0.3 is 0 Å². The average molecular weight is 471 g/mol. The van der Waals surface area contributed by atoms with Crippen LogP contribution in [0.2, 0.25) is 0 Å². The summed E-state index contributed by atoms with van der Waals surface area (Å²) in [4.78, 5) is 7.09. The molecule has 0 aliphatic carbocycles. The highest BCUT2D eigenvalue weighted by atomic mass is 15.1. The molecule has 1 saturated heterocycles. The van der Waals surface area contributed by atoms with Crippen molar-refractivity contribution in [1.82, 2.24) is 9.88 Å². The minimum absolute atomic E-state index is 0.593. The molecule has 3 rings (SSSR count). The van der Waals surface area contributed by atoms with Gasteiger partial charge in [-0.1, -0.05) is 57.7 Å². The first kappa shape index (κ1) is 26.5. The molecule has 4 nitrogen and oxygen atoms in total. The van der Waals surface area contributed by atoms with E-state index in [2.05, 4.69) is 85.5 Å². The highest BCUT2D eigenvalue weighted by Gasteiger charge is 2.12. The van der Waals surface area contributed by atoms with E-state index in [1.54, 1.807) is 0 Å². The average Bonchev–Trinajstić information content (AvgIpc) is 2.84. The number of allylic oxidation sites excluding steroid dienone is 4. The molecule has 2 aromatic rings. The molecule has 1 aromatic carbocycles. The fourth-order valence-corrected chi connectivity index (χ4v) is 4.53. The molecular formula is C31H42N4. The zero-order valence-electron chi connectivity index (χ0n) is 21.8. The maximum absolute atomic E-state index is 6.35. The van der Waals surface area contributed by atoms with Crippen LogP contribution < -0.4 is 11.1 Å². The molecule has 4 heteroatoms. The number of hydrogen-bond donors (Lipinski definition) is 2. The molecule has 1 aromatic heterocycles. The van der Waals surface area contributed by atoms with Crippen LogP contribution >= 0.6 is 0 Å². The van der Waals surface area contributed by atoms with E-state index < -0.39 is 0 Å². The minimum Gasteiger partial charge on any atom is -0.398 e. The number of likely N-dealkylation sites (tertiary alicyclic amines) is 1. The van der Waals surface area contributed by atoms with E-state index in [-0.39, 0.29) is 0 Å². The quantitative estimate of drug-likeness (QED) is 0.273. The first-order valence-corrected chi connectivity index (χ1v) is 12.9. The first-order valence-electron chi connectivity index (χ1n) is 12.9. The van der Waals surface area contributed by atoms with Gasteiger partial charge in [0.2, 0.25) is 0 Å². The van der Waals surface area contributed by atoms with Gasteiger partial charge in [0.1, 0.15) is 0 Å². The number of nitrogens with zero attached hydrogens (tertiary/aromatic N) is 2. The van der Waals surface area contributed by atoms with Crippen molar-refractivity contribution < 1.29 is 0 Å². The lowest BCUT2D eigenvalue weighted by Crippen LogP contribution is -2.31. The van der Waals surface area contributed by atoms with Crippen molar-refractivity contribution >= 4 is 16.9 Å². The number of nitrogens with one attached hydrogen (secondary N) is 1. The van der Waals surface area contributed by atoms with Crippen molar-refractivity contribution in [2.45, 2.75) is 52.9 Å². The van der Waals surface area contributed by atoms with Crippen molar-refractivity contribution in [2.24, 2.45) is 5.92 Å². The van der Waals surface area contributed by atoms with E-state index in [9.17, 15) is 0 Å². The third kappa shape index (κ3) is 8.25. The second-order valence-corrected chi connectivity index (χ2v) is 9.96. The van der Waals surface area contributed by atoms with Gasteiger partial charge < -0.3 is 11.1 Å². The Morgan fingerprint density at radius 3 is 2.57 bits per heavy atom. The summed E-state index contributed by atoms with van der Waals surface area (Å²) in [6, 6.07) is 10.4. The summed E-state index contributed by atoms with van der Waals surface area (Å²) in [5.41, 5.74) is 14.7. The number of rotatable bonds is 11. The van der Waals surface area contributed by atoms with Crippen molar-refractivity contribution in [3.63, 3.8) is 0 Å². The van der Waals surface area contributed by atoms with Crippen LogP contribution in [-0.4, -0.2) is 29.5 Å². The lowest BCUT2D eigenvalue weighted by Gasteiger charge is -2.26. The Hall–Kier alpha value is -3.11. The van der Waals surface area contributed by atoms with Crippen LogP contribution in [0.4, 0.5) is 11.4 Å². The molecule has 2 heterocycles. The summed E-state index contributed by atoms with van der Waals surface area (Å²) < 4.78 is 0. The largest absolute Gasteiger partial charge is 0.398 e. The van der Waals surface area contributed by atoms with Gasteiger partial charge in [0.05, 0.1) is 11.9 Å². The van der Waals surface area contributed by atoms with Gasteiger partial charge in [-0.2, -0.15) is 0 Å². The molecule has 1 aliphatic heterocycles. The van der Waals surface area contributed by atoms with Crippen molar-refractivity contribution in [1.29, 1.82) is 0 Å². The van der Waals surface area contributed by atoms with E-state index in [0.717, 1.165) is 46.9 Å². The molecule has 0 bridgehead atoms. The maximum Gasteiger partial charge on any atom is 0.0568 e. The fraction of sp³-hybridized carbons (Fsp3) is 0.387. The Morgan fingerprint density at radius 2 is 1.94 bits per heavy atom. The van der Waals surface area contributed by atoms with Gasteiger partial charge in [-0.15, -0.1) is 0 Å². The monoisotopic (exact) mass is 470 g/mol. The summed E-state index contributed by atoms with van der Waals surface area (Å²) in [6.45, 7) is 18.1. The van der Waals surface area contributed by atoms with Crippen LogP contribution in [0.25, 0.3) is 5.57 Å². The van der Waals surface area contributed by atoms with E-state index in [0.29, 0.717) is 12.3 Å². The Labute approximate surface area is 212 Å². The number of nitrogens with two attached hydrogens (primary N) is 1. The predicted octanol–water partition coefficient (Wildman–Crippen LogP) is 7.03. The lowest BCUT2D eigenvalue weighted by atomic mass is 9.97. The number of aromatic nitrogens is 1. The topological polar surface area (TPSA) is 54.2 Å². The molecule has 1 aliphatic rings. The molecule has 0 unspecified atom stereocenters. The SMILES string of the molecule is C=C/C(=C\C(=C/C)c1ccc(N)c(CC(=C)Nc2ccc(CC(C)C)nc2)c1)CN1CCCCC1. The van der Waals surface area contributed by atoms with Crippen LogP contribution in [-0.2, 0) is 12.8 Å². The minimum atomic E-state index is 0.593. The molecule has 0 atom stereocenters. The normalized spacial score (nSPS) is 15.3. The van der Waals surface area contributed by atoms with E-state index in [4.69, 9.17) is 5.73 Å². The Bertz CT molecular complexity index is 1050. The molecule has 0 spiro atoms. The first-order chi connectivity index (χ1) is 16.9. The van der Waals surface area contributed by atoms with Gasteiger partial charge in [0, 0.05) is 30.0 Å². The molecule has 186 valence electrons. The van der Waals surface area contributed by atoms with E-state index >= 15 is 0 Å². The summed E-state index contributed by atoms with van der Waals surface area (Å²) in [7, 11) is 0. The Morgan fingerprint density at radius 1 is 1.17 bits per heavy atom. The summed E-state index contributed by atoms with van der Waals surface area (Å²) in [5, 5.41) is 3.39. The molecule has 0 saturated carbocycles. The molecule has 1 fully saturated rings. The lowest BCUT2D eigenvalue weighted by molar-refractivity contribution is 0.248. The highest BCUT2D eigenvalue weighted by molar-refractivity contribution is 5.77. The molecule has 0 amide bonds. The summed E-state index contributed by atoms with van der Waals surface area (Å²) >= 11 is 0. The van der Waals surface area contributed by atoms with Crippen LogP contribution in [0.3, 0.4) is 0 Å². The second-order valence-electron chi connectivity index (χ2n) is 9.96. The van der Waals surface area contributed by atoms with Gasteiger partial charge in [-0.05, 0) is 91.7 Å². The van der Waals surface area contributed by atoms with E-state index in [1.807, 2.05) is 18.3 Å². The Kier molecular flexibility index (Phi) is 9.92. The van der Waals surface area contributed by atoms with E-state index in [1.165, 1.54) is 43.5 Å². The molecular weight excluding hydrogens is 428 g/mol. The molecule has 0 radical (unpaired) electrons. The standard InChI is InChI=1S/C31H42N4/c1-6-25(22-35-15-9-8-10-16-35)19-26(7-2)27-11-14-31(32)28(20-27)18-24(5)34-30-13-12-29(33-21-30)17-23(3)4/h6-7,11-14,19-21,23,34H,1,5,8-10,15-18,22,32H2,2-4H3/b25-19+,26-7+. The Balaban J connectivity index is 1.69. The van der Waals surface area contributed by atoms with Gasteiger partial charge in [-0.3, -0.25) is 9.88 Å². The summed E-state index contributed by atoms with van der Waals surface area (Å²) in [6.07, 6.45) is 13.8. The zero-order valence-corrected chi connectivity index (χ0v) is 21.8. The number of benzene rings is 1. The van der Waals surface area contributed by atoms with Crippen LogP contribution in [0.15, 0.2) is 79.2 Å². The number of nitrogen functional groups attached to an aromatic ring is 1. The smallest absolute Gasteiger partial charge is 0.0568 e. The van der Waals surface area contributed by atoms with Gasteiger partial charge in [-0.25, -0.2) is 0 Å². The molecule has 3 N–H and O–H groups in total. The fourth-order valence-electron chi connectivity index (χ4n) is 4.53. The number of pyridine rings is 1. The highest BCUT2D eigenvalue weighted by Crippen LogP contribution is 2.25. The maximum atomic E-state index is 6.35. The van der Waals surface area contributed by atoms with Crippen molar-refractivity contribution in [3.8, 4) is 0 Å². The number of hydrogen-bond acceptors (Lipinski definition) is 4. The third-order valence-corrected chi connectivity index (χ3v) is 6.41. The van der Waals surface area contributed by atoms with Crippen LogP contribution in [0.5, 0.6) is 0 Å². The third-order valence-electron chi connectivity index (χ3n) is 6.41. The van der Waals surface area contributed by atoms with Crippen molar-refractivity contribution in [3.05, 3.63) is 96.0 Å². The predicted molar refractivity (Wildman–Crippen MR) is 152 cm³/mol.